The Morgan fingerprint density at radius 2 is 1.96 bits per heavy atom. The first kappa shape index (κ1) is 19.0. The molecule has 2 N–H and O–H groups in total. The summed E-state index contributed by atoms with van der Waals surface area (Å²) in [7, 11) is 1.26. The molecule has 2 rings (SSSR count). The quantitative estimate of drug-likeness (QED) is 0.463. The average Bonchev–Trinajstić information content (AvgIpc) is 2.67. The van der Waals surface area contributed by atoms with E-state index in [1.807, 2.05) is 36.4 Å². The van der Waals surface area contributed by atoms with Gasteiger partial charge in [0.2, 0.25) is 0 Å². The fourth-order valence-corrected chi connectivity index (χ4v) is 2.27. The molecule has 0 unspecified atom stereocenters. The van der Waals surface area contributed by atoms with E-state index < -0.39 is 11.9 Å². The van der Waals surface area contributed by atoms with Crippen molar-refractivity contribution in [1.82, 2.24) is 5.32 Å². The molecule has 0 aliphatic rings. The molecule has 0 saturated carbocycles. The van der Waals surface area contributed by atoms with Gasteiger partial charge < -0.3 is 15.4 Å². The number of hydrogen-bond acceptors (Lipinski definition) is 5. The van der Waals surface area contributed by atoms with Crippen molar-refractivity contribution in [3.8, 4) is 6.07 Å². The van der Waals surface area contributed by atoms with E-state index in [9.17, 15) is 14.9 Å². The highest BCUT2D eigenvalue weighted by Gasteiger charge is 2.13. The van der Waals surface area contributed by atoms with E-state index in [0.29, 0.717) is 17.3 Å². The van der Waals surface area contributed by atoms with Gasteiger partial charge in [0.15, 0.2) is 0 Å². The van der Waals surface area contributed by atoms with Gasteiger partial charge in [-0.05, 0) is 23.8 Å². The van der Waals surface area contributed by atoms with E-state index >= 15 is 0 Å². The molecule has 0 bridgehead atoms. The molecule has 0 aromatic heterocycles. The minimum Gasteiger partial charge on any atom is -0.465 e. The summed E-state index contributed by atoms with van der Waals surface area (Å²) in [5.41, 5.74) is 1.33. The van der Waals surface area contributed by atoms with E-state index in [1.54, 1.807) is 6.07 Å². The molecule has 0 atom stereocenters. The number of methoxy groups -OCH3 is 1. The largest absolute Gasteiger partial charge is 0.465 e. The van der Waals surface area contributed by atoms with Gasteiger partial charge in [-0.1, -0.05) is 41.9 Å². The Balaban J connectivity index is 2.12. The van der Waals surface area contributed by atoms with Crippen LogP contribution in [0.3, 0.4) is 0 Å². The summed E-state index contributed by atoms with van der Waals surface area (Å²) in [4.78, 5) is 23.9. The highest BCUT2D eigenvalue weighted by atomic mass is 35.5. The van der Waals surface area contributed by atoms with E-state index in [0.717, 1.165) is 5.56 Å². The SMILES string of the molecule is COC(=O)c1ccc(Cl)cc1N/C=C(\C#N)C(=O)NCc1ccccc1. The number of nitrogens with one attached hydrogen (secondary N) is 2. The van der Waals surface area contributed by atoms with Crippen LogP contribution in [0.2, 0.25) is 5.02 Å². The minimum absolute atomic E-state index is 0.142. The van der Waals surface area contributed by atoms with Gasteiger partial charge in [0.25, 0.3) is 5.91 Å². The maximum absolute atomic E-state index is 12.2. The van der Waals surface area contributed by atoms with Crippen molar-refractivity contribution in [2.75, 3.05) is 12.4 Å². The van der Waals surface area contributed by atoms with Crippen molar-refractivity contribution >= 4 is 29.2 Å². The summed E-state index contributed by atoms with van der Waals surface area (Å²) in [6.45, 7) is 0.295. The Labute approximate surface area is 156 Å². The molecule has 0 heterocycles. The summed E-state index contributed by atoms with van der Waals surface area (Å²) >= 11 is 5.94. The molecular formula is C19H16ClN3O3. The molecule has 2 aromatic carbocycles. The lowest BCUT2D eigenvalue weighted by atomic mass is 10.1. The summed E-state index contributed by atoms with van der Waals surface area (Å²) in [6.07, 6.45) is 1.22. The van der Waals surface area contributed by atoms with Gasteiger partial charge in [-0.15, -0.1) is 0 Å². The van der Waals surface area contributed by atoms with E-state index in [-0.39, 0.29) is 11.1 Å². The fourth-order valence-electron chi connectivity index (χ4n) is 2.10. The number of nitriles is 1. The highest BCUT2D eigenvalue weighted by Crippen LogP contribution is 2.22. The van der Waals surface area contributed by atoms with Crippen LogP contribution in [0, 0.1) is 11.3 Å². The molecule has 0 aliphatic heterocycles. The van der Waals surface area contributed by atoms with Gasteiger partial charge in [0.1, 0.15) is 11.6 Å². The van der Waals surface area contributed by atoms with E-state index in [2.05, 4.69) is 10.6 Å². The predicted octanol–water partition coefficient (Wildman–Crippen LogP) is 3.26. The number of anilines is 1. The second-order valence-electron chi connectivity index (χ2n) is 5.16. The van der Waals surface area contributed by atoms with Gasteiger partial charge in [0, 0.05) is 17.8 Å². The first-order chi connectivity index (χ1) is 12.5. The standard InChI is InChI=1S/C19H16ClN3O3/c1-26-19(25)16-8-7-15(20)9-17(16)22-12-14(10-21)18(24)23-11-13-5-3-2-4-6-13/h2-9,12,22H,11H2,1H3,(H,23,24)/b14-12+. The predicted molar refractivity (Wildman–Crippen MR) is 98.4 cm³/mol. The third-order valence-electron chi connectivity index (χ3n) is 3.42. The molecule has 6 nitrogen and oxygen atoms in total. The van der Waals surface area contributed by atoms with Gasteiger partial charge in [-0.25, -0.2) is 4.79 Å². The smallest absolute Gasteiger partial charge is 0.339 e. The summed E-state index contributed by atoms with van der Waals surface area (Å²) in [5.74, 6) is -1.10. The fraction of sp³-hybridized carbons (Fsp3) is 0.105. The minimum atomic E-state index is -0.565. The summed E-state index contributed by atoms with van der Waals surface area (Å²) in [6, 6.07) is 15.7. The lowest BCUT2D eigenvalue weighted by molar-refractivity contribution is -0.117. The van der Waals surface area contributed by atoms with E-state index in [4.69, 9.17) is 16.3 Å². The van der Waals surface area contributed by atoms with Gasteiger partial charge in [-0.2, -0.15) is 5.26 Å². The zero-order chi connectivity index (χ0) is 18.9. The summed E-state index contributed by atoms with van der Waals surface area (Å²) < 4.78 is 4.70. The normalized spacial score (nSPS) is 10.6. The number of hydrogen-bond donors (Lipinski definition) is 2. The van der Waals surface area contributed by atoms with Crippen LogP contribution in [0.5, 0.6) is 0 Å². The van der Waals surface area contributed by atoms with Crippen LogP contribution < -0.4 is 10.6 Å². The number of rotatable bonds is 6. The van der Waals surface area contributed by atoms with Crippen LogP contribution in [0.1, 0.15) is 15.9 Å². The number of esters is 1. The number of benzene rings is 2. The van der Waals surface area contributed by atoms with Crippen LogP contribution in [-0.2, 0) is 16.1 Å². The summed E-state index contributed by atoms with van der Waals surface area (Å²) in [5, 5.41) is 15.0. The maximum Gasteiger partial charge on any atom is 0.339 e. The van der Waals surface area contributed by atoms with Crippen molar-refractivity contribution in [3.63, 3.8) is 0 Å². The van der Waals surface area contributed by atoms with Crippen LogP contribution in [0.4, 0.5) is 5.69 Å². The number of nitrogens with zero attached hydrogens (tertiary/aromatic N) is 1. The topological polar surface area (TPSA) is 91.2 Å². The molecular weight excluding hydrogens is 354 g/mol. The Morgan fingerprint density at radius 1 is 1.23 bits per heavy atom. The zero-order valence-electron chi connectivity index (χ0n) is 14.0. The molecule has 0 aliphatic carbocycles. The van der Waals surface area contributed by atoms with Gasteiger partial charge >= 0.3 is 5.97 Å². The zero-order valence-corrected chi connectivity index (χ0v) is 14.7. The Kier molecular flexibility index (Phi) is 6.77. The number of ether oxygens (including phenoxy) is 1. The molecule has 7 heteroatoms. The molecule has 2 aromatic rings. The molecule has 0 saturated heterocycles. The first-order valence-corrected chi connectivity index (χ1v) is 7.99. The average molecular weight is 370 g/mol. The Bertz CT molecular complexity index is 873. The third-order valence-corrected chi connectivity index (χ3v) is 3.66. The van der Waals surface area contributed by atoms with Crippen LogP contribution >= 0.6 is 11.6 Å². The first-order valence-electron chi connectivity index (χ1n) is 7.62. The van der Waals surface area contributed by atoms with Crippen molar-refractivity contribution in [2.45, 2.75) is 6.54 Å². The molecule has 1 amide bonds. The van der Waals surface area contributed by atoms with Gasteiger partial charge in [-0.3, -0.25) is 4.79 Å². The van der Waals surface area contributed by atoms with Crippen LogP contribution in [0.25, 0.3) is 0 Å². The van der Waals surface area contributed by atoms with Gasteiger partial charge in [0.05, 0.1) is 18.4 Å². The second-order valence-corrected chi connectivity index (χ2v) is 5.60. The van der Waals surface area contributed by atoms with Crippen molar-refractivity contribution in [3.05, 3.63) is 76.5 Å². The molecule has 0 radical (unpaired) electrons. The van der Waals surface area contributed by atoms with Crippen molar-refractivity contribution < 1.29 is 14.3 Å². The van der Waals surface area contributed by atoms with Crippen LogP contribution in [-0.4, -0.2) is 19.0 Å². The molecule has 0 fully saturated rings. The Morgan fingerprint density at radius 3 is 2.62 bits per heavy atom. The second kappa shape index (κ2) is 9.25. The third kappa shape index (κ3) is 5.10. The monoisotopic (exact) mass is 369 g/mol. The van der Waals surface area contributed by atoms with E-state index in [1.165, 1.54) is 25.4 Å². The molecule has 0 spiro atoms. The number of halogens is 1. The number of carbonyl (C=O) groups is 2. The highest BCUT2D eigenvalue weighted by molar-refractivity contribution is 6.31. The lowest BCUT2D eigenvalue weighted by Crippen LogP contribution is -2.24. The number of amides is 1. The van der Waals surface area contributed by atoms with Crippen molar-refractivity contribution in [1.29, 1.82) is 5.26 Å². The number of carbonyl (C=O) groups excluding carboxylic acids is 2. The molecule has 132 valence electrons. The maximum atomic E-state index is 12.2. The Hall–Kier alpha value is -3.30. The van der Waals surface area contributed by atoms with Crippen LogP contribution in [0.15, 0.2) is 60.3 Å². The van der Waals surface area contributed by atoms with Crippen molar-refractivity contribution in [2.24, 2.45) is 0 Å². The lowest BCUT2D eigenvalue weighted by Gasteiger charge is -2.09. The molecule has 26 heavy (non-hydrogen) atoms.